The number of hydrogen-bond acceptors (Lipinski definition) is 3. The molecule has 0 aliphatic carbocycles. The predicted octanol–water partition coefficient (Wildman–Crippen LogP) is 13.3. The number of aromatic nitrogens is 5. The summed E-state index contributed by atoms with van der Waals surface area (Å²) in [7, 11) is 0. The van der Waals surface area contributed by atoms with Crippen LogP contribution in [0.4, 0.5) is 0 Å². The van der Waals surface area contributed by atoms with Crippen molar-refractivity contribution in [2.45, 2.75) is 0 Å². The fourth-order valence-corrected chi connectivity index (χ4v) is 8.73. The molecule has 0 fully saturated rings. The van der Waals surface area contributed by atoms with Crippen molar-refractivity contribution in [2.75, 3.05) is 0 Å². The molecule has 5 nitrogen and oxygen atoms in total. The Balaban J connectivity index is 1.05. The Labute approximate surface area is 333 Å². The van der Waals surface area contributed by atoms with E-state index in [1.807, 2.05) is 18.2 Å². The van der Waals surface area contributed by atoms with Crippen molar-refractivity contribution < 1.29 is 0 Å². The van der Waals surface area contributed by atoms with Crippen LogP contribution < -0.4 is 0 Å². The van der Waals surface area contributed by atoms with Crippen LogP contribution in [0.25, 0.3) is 111 Å². The standard InChI is InChI=1S/C53H33N5/c1-3-13-34(14-4-1)40-32-46(37-16-5-2-6-17-37)54-47(33-40)38-25-23-35(24-26-38)39-28-29-48-43(31-39)51-41-18-8-7-15-36(41)27-30-50(51)57(48)53-56-44-20-10-9-19-42(44)52-55-45-21-11-12-22-49(45)58(52)53/h1-33H. The van der Waals surface area contributed by atoms with Crippen LogP contribution in [0.3, 0.4) is 0 Å². The largest absolute Gasteiger partial charge is 0.279 e. The van der Waals surface area contributed by atoms with Crippen molar-refractivity contribution in [1.29, 1.82) is 0 Å². The summed E-state index contributed by atoms with van der Waals surface area (Å²) in [4.78, 5) is 15.7. The average Bonchev–Trinajstić information content (AvgIpc) is 3.86. The molecule has 0 radical (unpaired) electrons. The highest BCUT2D eigenvalue weighted by atomic mass is 15.2. The van der Waals surface area contributed by atoms with Crippen molar-refractivity contribution in [1.82, 2.24) is 23.9 Å². The van der Waals surface area contributed by atoms with Gasteiger partial charge < -0.3 is 0 Å². The Morgan fingerprint density at radius 2 is 0.914 bits per heavy atom. The third-order valence-corrected chi connectivity index (χ3v) is 11.5. The van der Waals surface area contributed by atoms with Crippen molar-refractivity contribution in [3.8, 4) is 50.7 Å². The lowest BCUT2D eigenvalue weighted by molar-refractivity contribution is 0.980. The smallest absolute Gasteiger partial charge is 0.221 e. The van der Waals surface area contributed by atoms with Gasteiger partial charge in [0.15, 0.2) is 0 Å². The van der Waals surface area contributed by atoms with Crippen LogP contribution in [0.1, 0.15) is 0 Å². The zero-order chi connectivity index (χ0) is 38.2. The normalized spacial score (nSPS) is 11.8. The van der Waals surface area contributed by atoms with E-state index in [1.165, 1.54) is 27.1 Å². The minimum absolute atomic E-state index is 0.815. The van der Waals surface area contributed by atoms with E-state index >= 15 is 0 Å². The molecule has 4 heterocycles. The van der Waals surface area contributed by atoms with E-state index in [1.54, 1.807) is 0 Å². The van der Waals surface area contributed by atoms with Crippen LogP contribution >= 0.6 is 0 Å². The molecule has 8 aromatic carbocycles. The number of benzene rings is 8. The molecule has 0 aliphatic heterocycles. The number of rotatable bonds is 5. The van der Waals surface area contributed by atoms with Gasteiger partial charge in [-0.15, -0.1) is 0 Å². The van der Waals surface area contributed by atoms with Gasteiger partial charge in [0.05, 0.1) is 39.0 Å². The predicted molar refractivity (Wildman–Crippen MR) is 239 cm³/mol. The first kappa shape index (κ1) is 32.4. The molecule has 0 saturated heterocycles. The van der Waals surface area contributed by atoms with Crippen LogP contribution in [-0.4, -0.2) is 23.9 Å². The summed E-state index contributed by atoms with van der Waals surface area (Å²) >= 11 is 0. The maximum absolute atomic E-state index is 5.40. The Kier molecular flexibility index (Phi) is 7.16. The molecule has 0 amide bonds. The first-order valence-electron chi connectivity index (χ1n) is 19.6. The second kappa shape index (κ2) is 12.8. The summed E-state index contributed by atoms with van der Waals surface area (Å²) < 4.78 is 4.55. The van der Waals surface area contributed by atoms with Gasteiger partial charge in [0.25, 0.3) is 0 Å². The summed E-state index contributed by atoms with van der Waals surface area (Å²) in [6, 6.07) is 70.8. The van der Waals surface area contributed by atoms with Gasteiger partial charge in [-0.25, -0.2) is 15.0 Å². The minimum atomic E-state index is 0.815. The lowest BCUT2D eigenvalue weighted by Crippen LogP contribution is -2.06. The van der Waals surface area contributed by atoms with E-state index in [2.05, 4.69) is 191 Å². The third kappa shape index (κ3) is 5.07. The first-order valence-corrected chi connectivity index (χ1v) is 19.6. The SMILES string of the molecule is c1ccc(-c2cc(-c3ccccc3)nc(-c3ccc(-c4ccc5c(c4)c4c6ccccc6ccc4n5-c4nc5ccccc5c5nc6ccccc6n45)cc3)c2)cc1. The third-order valence-electron chi connectivity index (χ3n) is 11.5. The highest BCUT2D eigenvalue weighted by Gasteiger charge is 2.21. The Bertz CT molecular complexity index is 3490. The van der Waals surface area contributed by atoms with Crippen LogP contribution in [0.2, 0.25) is 0 Å². The molecule has 4 aromatic heterocycles. The van der Waals surface area contributed by atoms with Gasteiger partial charge >= 0.3 is 0 Å². The van der Waals surface area contributed by atoms with Crippen LogP contribution in [0.5, 0.6) is 0 Å². The van der Waals surface area contributed by atoms with Crippen molar-refractivity contribution >= 4 is 60.2 Å². The summed E-state index contributed by atoms with van der Waals surface area (Å²) in [5.41, 5.74) is 14.6. The van der Waals surface area contributed by atoms with Gasteiger partial charge in [0, 0.05) is 27.3 Å². The van der Waals surface area contributed by atoms with Crippen LogP contribution in [0.15, 0.2) is 200 Å². The Morgan fingerprint density at radius 3 is 1.71 bits per heavy atom. The van der Waals surface area contributed by atoms with Crippen LogP contribution in [0, 0.1) is 0 Å². The molecule has 0 N–H and O–H groups in total. The number of para-hydroxylation sites is 3. The summed E-state index contributed by atoms with van der Waals surface area (Å²) in [6.45, 7) is 0. The molecule has 0 spiro atoms. The van der Waals surface area contributed by atoms with E-state index < -0.39 is 0 Å². The minimum Gasteiger partial charge on any atom is -0.279 e. The molecule has 0 unspecified atom stereocenters. The number of nitrogens with zero attached hydrogens (tertiary/aromatic N) is 5. The number of hydrogen-bond donors (Lipinski definition) is 0. The molecule has 0 saturated carbocycles. The molecular weight excluding hydrogens is 707 g/mol. The zero-order valence-electron chi connectivity index (χ0n) is 31.3. The number of pyridine rings is 1. The average molecular weight is 740 g/mol. The molecule has 0 atom stereocenters. The van der Waals surface area contributed by atoms with Gasteiger partial charge in [-0.05, 0) is 87.6 Å². The monoisotopic (exact) mass is 739 g/mol. The van der Waals surface area contributed by atoms with Gasteiger partial charge in [-0.3, -0.25) is 8.97 Å². The maximum atomic E-state index is 5.40. The fraction of sp³-hybridized carbons (Fsp3) is 0. The summed E-state index contributed by atoms with van der Waals surface area (Å²) in [5, 5.41) is 5.81. The number of imidazole rings is 1. The van der Waals surface area contributed by atoms with E-state index in [4.69, 9.17) is 15.0 Å². The van der Waals surface area contributed by atoms with Gasteiger partial charge in [-0.1, -0.05) is 146 Å². The van der Waals surface area contributed by atoms with E-state index in [0.717, 1.165) is 83.8 Å². The topological polar surface area (TPSA) is 48.0 Å². The van der Waals surface area contributed by atoms with E-state index in [-0.39, 0.29) is 0 Å². The first-order chi connectivity index (χ1) is 28.7. The molecule has 0 aliphatic rings. The lowest BCUT2D eigenvalue weighted by Gasteiger charge is -2.13. The maximum Gasteiger partial charge on any atom is 0.221 e. The highest BCUT2D eigenvalue weighted by molar-refractivity contribution is 6.22. The van der Waals surface area contributed by atoms with E-state index in [9.17, 15) is 0 Å². The Hall–Kier alpha value is -7.89. The van der Waals surface area contributed by atoms with E-state index in [0.29, 0.717) is 0 Å². The molecule has 5 heteroatoms. The second-order valence-electron chi connectivity index (χ2n) is 14.9. The second-order valence-corrected chi connectivity index (χ2v) is 14.9. The summed E-state index contributed by atoms with van der Waals surface area (Å²) in [5.74, 6) is 0.815. The fourth-order valence-electron chi connectivity index (χ4n) is 8.73. The molecule has 12 aromatic rings. The quantitative estimate of drug-likeness (QED) is 0.177. The number of fused-ring (bicyclic) bond motifs is 10. The molecular formula is C53H33N5. The molecule has 270 valence electrons. The Morgan fingerprint density at radius 1 is 0.328 bits per heavy atom. The molecule has 12 rings (SSSR count). The van der Waals surface area contributed by atoms with Gasteiger partial charge in [0.1, 0.15) is 5.65 Å². The summed E-state index contributed by atoms with van der Waals surface area (Å²) in [6.07, 6.45) is 0. The van der Waals surface area contributed by atoms with Crippen molar-refractivity contribution in [3.63, 3.8) is 0 Å². The molecule has 0 bridgehead atoms. The van der Waals surface area contributed by atoms with Crippen molar-refractivity contribution in [3.05, 3.63) is 200 Å². The highest BCUT2D eigenvalue weighted by Crippen LogP contribution is 2.40. The molecule has 58 heavy (non-hydrogen) atoms. The zero-order valence-corrected chi connectivity index (χ0v) is 31.3. The lowest BCUT2D eigenvalue weighted by atomic mass is 9.97. The van der Waals surface area contributed by atoms with Crippen LogP contribution in [-0.2, 0) is 0 Å². The van der Waals surface area contributed by atoms with Gasteiger partial charge in [-0.2, -0.15) is 0 Å². The van der Waals surface area contributed by atoms with Crippen molar-refractivity contribution in [2.24, 2.45) is 0 Å². The van der Waals surface area contributed by atoms with Gasteiger partial charge in [0.2, 0.25) is 5.95 Å².